The van der Waals surface area contributed by atoms with Crippen LogP contribution in [0, 0.1) is 0 Å². The molecule has 0 saturated carbocycles. The van der Waals surface area contributed by atoms with Crippen LogP contribution in [0.2, 0.25) is 0 Å². The van der Waals surface area contributed by atoms with E-state index in [-0.39, 0.29) is 17.0 Å². The number of unbranched alkanes of at least 4 members (excludes halogenated alkanes) is 4. The normalized spacial score (nSPS) is 11.0. The Hall–Kier alpha value is 0.910. The van der Waals surface area contributed by atoms with Gasteiger partial charge in [-0.15, -0.1) is 0 Å². The summed E-state index contributed by atoms with van der Waals surface area (Å²) < 4.78 is 0. The molecule has 0 aliphatic rings. The Bertz CT molecular complexity index is 86.3. The van der Waals surface area contributed by atoms with E-state index in [1.54, 1.807) is 0 Å². The number of halogens is 1. The highest BCUT2D eigenvalue weighted by atomic mass is 79.9. The van der Waals surface area contributed by atoms with Gasteiger partial charge in [-0.3, -0.25) is 0 Å². The lowest BCUT2D eigenvalue weighted by atomic mass is 10.2. The van der Waals surface area contributed by atoms with Crippen LogP contribution in [-0.2, 0) is 0 Å². The van der Waals surface area contributed by atoms with Gasteiger partial charge in [0.25, 0.3) is 0 Å². The molecule has 0 aliphatic heterocycles. The number of hydrogen-bond donors (Lipinski definition) is 0. The van der Waals surface area contributed by atoms with Gasteiger partial charge in [0.05, 0.1) is 6.16 Å². The first kappa shape index (κ1) is 15.4. The summed E-state index contributed by atoms with van der Waals surface area (Å²) in [7, 11) is -0.464. The predicted molar refractivity (Wildman–Crippen MR) is 58.3 cm³/mol. The van der Waals surface area contributed by atoms with Crippen LogP contribution in [-0.4, -0.2) is 26.2 Å². The zero-order valence-electron chi connectivity index (χ0n) is 9.07. The lowest BCUT2D eigenvalue weighted by Crippen LogP contribution is -3.00. The summed E-state index contributed by atoms with van der Waals surface area (Å²) in [6, 6.07) is 0. The minimum Gasteiger partial charge on any atom is -1.00 e. The molecule has 0 atom stereocenters. The van der Waals surface area contributed by atoms with Gasteiger partial charge in [0.2, 0.25) is 0 Å². The zero-order chi connectivity index (χ0) is 8.74. The fraction of sp³-hybridized carbons (Fsp3) is 1.00. The summed E-state index contributed by atoms with van der Waals surface area (Å²) >= 11 is 0. The molecule has 0 aromatic carbocycles. The molecule has 0 aliphatic carbocycles. The van der Waals surface area contributed by atoms with Crippen molar-refractivity contribution in [3.05, 3.63) is 0 Å². The van der Waals surface area contributed by atoms with E-state index < -0.39 is 7.26 Å². The van der Waals surface area contributed by atoms with Crippen molar-refractivity contribution < 1.29 is 17.0 Å². The second kappa shape index (κ2) is 8.51. The number of rotatable bonds is 6. The first-order valence-corrected chi connectivity index (χ1v) is 8.18. The summed E-state index contributed by atoms with van der Waals surface area (Å²) in [5.41, 5.74) is 0. The van der Waals surface area contributed by atoms with E-state index in [2.05, 4.69) is 26.9 Å². The van der Waals surface area contributed by atoms with Gasteiger partial charge in [0, 0.05) is 27.3 Å². The summed E-state index contributed by atoms with van der Waals surface area (Å²) in [6.45, 7) is 9.59. The summed E-state index contributed by atoms with van der Waals surface area (Å²) in [4.78, 5) is 0. The van der Waals surface area contributed by atoms with Crippen molar-refractivity contribution in [2.75, 3.05) is 26.2 Å². The van der Waals surface area contributed by atoms with Gasteiger partial charge in [0.15, 0.2) is 0 Å². The van der Waals surface area contributed by atoms with Crippen LogP contribution in [0.1, 0.15) is 39.0 Å². The van der Waals surface area contributed by atoms with Crippen molar-refractivity contribution in [2.24, 2.45) is 0 Å². The molecule has 0 heterocycles. The molecule has 0 aromatic heterocycles. The van der Waals surface area contributed by atoms with E-state index in [1.807, 2.05) is 0 Å². The van der Waals surface area contributed by atoms with Crippen LogP contribution in [0.25, 0.3) is 0 Å². The molecular formula is C10H24BrP. The predicted octanol–water partition coefficient (Wildman–Crippen LogP) is 0.868. The van der Waals surface area contributed by atoms with E-state index >= 15 is 0 Å². The van der Waals surface area contributed by atoms with Crippen LogP contribution < -0.4 is 17.0 Å². The van der Waals surface area contributed by atoms with Crippen LogP contribution in [0.15, 0.2) is 0 Å². The quantitative estimate of drug-likeness (QED) is 0.488. The van der Waals surface area contributed by atoms with Gasteiger partial charge < -0.3 is 17.0 Å². The topological polar surface area (TPSA) is 0 Å². The molecular weight excluding hydrogens is 231 g/mol. The summed E-state index contributed by atoms with van der Waals surface area (Å²) in [6.07, 6.45) is 8.68. The van der Waals surface area contributed by atoms with Gasteiger partial charge in [-0.25, -0.2) is 0 Å². The van der Waals surface area contributed by atoms with Crippen molar-refractivity contribution in [2.45, 2.75) is 39.0 Å². The van der Waals surface area contributed by atoms with Gasteiger partial charge in [-0.05, 0) is 12.8 Å². The Kier molecular flexibility index (Phi) is 10.9. The van der Waals surface area contributed by atoms with Gasteiger partial charge in [-0.2, -0.15) is 0 Å². The molecule has 0 spiro atoms. The van der Waals surface area contributed by atoms with Crippen molar-refractivity contribution >= 4 is 7.26 Å². The Morgan fingerprint density at radius 2 is 1.33 bits per heavy atom. The van der Waals surface area contributed by atoms with Gasteiger partial charge in [-0.1, -0.05) is 26.2 Å². The van der Waals surface area contributed by atoms with E-state index in [0.717, 1.165) is 0 Å². The highest BCUT2D eigenvalue weighted by Gasteiger charge is 2.15. The smallest absolute Gasteiger partial charge is 0.0586 e. The molecule has 0 aromatic rings. The molecule has 0 rings (SSSR count). The molecule has 0 fully saturated rings. The maximum atomic E-state index is 2.44. The van der Waals surface area contributed by atoms with Gasteiger partial charge >= 0.3 is 0 Å². The first-order valence-electron chi connectivity index (χ1n) is 4.86. The maximum absolute atomic E-state index is 2.44. The fourth-order valence-corrected chi connectivity index (χ4v) is 2.36. The van der Waals surface area contributed by atoms with Crippen molar-refractivity contribution in [3.63, 3.8) is 0 Å². The molecule has 0 unspecified atom stereocenters. The minimum absolute atomic E-state index is 0. The molecule has 0 nitrogen and oxygen atoms in total. The van der Waals surface area contributed by atoms with E-state index in [0.29, 0.717) is 0 Å². The third-order valence-electron chi connectivity index (χ3n) is 1.93. The van der Waals surface area contributed by atoms with Crippen LogP contribution in [0.3, 0.4) is 0 Å². The van der Waals surface area contributed by atoms with E-state index in [4.69, 9.17) is 0 Å². The highest BCUT2D eigenvalue weighted by Crippen LogP contribution is 2.47. The highest BCUT2D eigenvalue weighted by molar-refractivity contribution is 7.73. The molecule has 0 radical (unpaired) electrons. The average molecular weight is 255 g/mol. The van der Waals surface area contributed by atoms with E-state index in [9.17, 15) is 0 Å². The average Bonchev–Trinajstić information content (AvgIpc) is 1.85. The minimum atomic E-state index is -0.464. The molecule has 0 saturated heterocycles. The maximum Gasteiger partial charge on any atom is 0.0586 e. The molecule has 2 heteroatoms. The number of hydrogen-bond acceptors (Lipinski definition) is 0. The SMILES string of the molecule is CCCCCCC[P+](C)(C)C.[Br-]. The van der Waals surface area contributed by atoms with E-state index in [1.165, 1.54) is 38.3 Å². The first-order chi connectivity index (χ1) is 5.06. The summed E-state index contributed by atoms with van der Waals surface area (Å²) in [5.74, 6) is 0. The van der Waals surface area contributed by atoms with Crippen LogP contribution in [0.5, 0.6) is 0 Å². The molecule has 0 bridgehead atoms. The lowest BCUT2D eigenvalue weighted by Gasteiger charge is -2.10. The Morgan fingerprint density at radius 1 is 0.833 bits per heavy atom. The molecule has 0 N–H and O–H groups in total. The van der Waals surface area contributed by atoms with Crippen molar-refractivity contribution in [3.8, 4) is 0 Å². The molecule has 12 heavy (non-hydrogen) atoms. The second-order valence-electron chi connectivity index (χ2n) is 4.43. The molecule has 0 amide bonds. The fourth-order valence-electron chi connectivity index (χ4n) is 1.19. The standard InChI is InChI=1S/C10H24P.BrH/c1-5-6-7-8-9-10-11(2,3)4;/h5-10H2,1-4H3;1H/q+1;/p-1. The zero-order valence-corrected chi connectivity index (χ0v) is 11.5. The van der Waals surface area contributed by atoms with Crippen molar-refractivity contribution in [1.29, 1.82) is 0 Å². The third-order valence-corrected chi connectivity index (χ3v) is 3.59. The Balaban J connectivity index is 0. The lowest BCUT2D eigenvalue weighted by molar-refractivity contribution is -0.00000279. The van der Waals surface area contributed by atoms with Gasteiger partial charge in [0.1, 0.15) is 0 Å². The largest absolute Gasteiger partial charge is 1.00 e. The Morgan fingerprint density at radius 3 is 1.75 bits per heavy atom. The second-order valence-corrected chi connectivity index (χ2v) is 9.46. The Labute approximate surface area is 89.6 Å². The summed E-state index contributed by atoms with van der Waals surface area (Å²) in [5, 5.41) is 0. The monoisotopic (exact) mass is 254 g/mol. The third kappa shape index (κ3) is 13.5. The van der Waals surface area contributed by atoms with Crippen molar-refractivity contribution in [1.82, 2.24) is 0 Å². The molecule has 76 valence electrons. The van der Waals surface area contributed by atoms with Crippen LogP contribution in [0.4, 0.5) is 0 Å². The van der Waals surface area contributed by atoms with Crippen LogP contribution >= 0.6 is 7.26 Å².